The molecule has 0 unspecified atom stereocenters. The highest BCUT2D eigenvalue weighted by molar-refractivity contribution is 5.85. The van der Waals surface area contributed by atoms with E-state index in [1.165, 1.54) is 6.42 Å². The van der Waals surface area contributed by atoms with E-state index in [9.17, 15) is 4.79 Å². The highest BCUT2D eigenvalue weighted by Crippen LogP contribution is 2.10. The number of likely N-dealkylation sites (tertiary alicyclic amines) is 1. The monoisotopic (exact) mass is 283 g/mol. The van der Waals surface area contributed by atoms with Crippen LogP contribution in [0.15, 0.2) is 24.4 Å². The third kappa shape index (κ3) is 5.57. The first-order chi connectivity index (χ1) is 8.86. The van der Waals surface area contributed by atoms with E-state index in [0.29, 0.717) is 5.91 Å². The average Bonchev–Trinajstić information content (AvgIpc) is 2.61. The van der Waals surface area contributed by atoms with Crippen LogP contribution in [-0.2, 0) is 11.3 Å². The van der Waals surface area contributed by atoms with Crippen molar-refractivity contribution in [3.05, 3.63) is 30.1 Å². The van der Waals surface area contributed by atoms with Crippen LogP contribution in [0.5, 0.6) is 0 Å². The van der Waals surface area contributed by atoms with E-state index in [1.54, 1.807) is 6.20 Å². The van der Waals surface area contributed by atoms with E-state index < -0.39 is 0 Å². The zero-order valence-electron chi connectivity index (χ0n) is 11.2. The number of carbonyl (C=O) groups excluding carboxylic acids is 1. The Morgan fingerprint density at radius 2 is 2.16 bits per heavy atom. The fourth-order valence-electron chi connectivity index (χ4n) is 2.21. The molecule has 1 aromatic rings. The summed E-state index contributed by atoms with van der Waals surface area (Å²) in [6, 6.07) is 5.91. The van der Waals surface area contributed by atoms with Gasteiger partial charge >= 0.3 is 0 Å². The number of carbonyl (C=O) groups is 1. The molecule has 1 aromatic heterocycles. The number of pyridine rings is 1. The third-order valence-electron chi connectivity index (χ3n) is 3.26. The van der Waals surface area contributed by atoms with Gasteiger partial charge in [0.15, 0.2) is 0 Å². The second-order valence-corrected chi connectivity index (χ2v) is 4.69. The fourth-order valence-corrected chi connectivity index (χ4v) is 2.21. The summed E-state index contributed by atoms with van der Waals surface area (Å²) < 4.78 is 0. The summed E-state index contributed by atoms with van der Waals surface area (Å²) in [6.45, 7) is 3.33. The van der Waals surface area contributed by atoms with Gasteiger partial charge < -0.3 is 10.2 Å². The Kier molecular flexibility index (Phi) is 7.45. The van der Waals surface area contributed by atoms with E-state index in [0.717, 1.165) is 51.1 Å². The molecule has 2 heterocycles. The summed E-state index contributed by atoms with van der Waals surface area (Å²) in [5.74, 6) is 0.312. The predicted molar refractivity (Wildman–Crippen MR) is 78.2 cm³/mol. The van der Waals surface area contributed by atoms with Crippen LogP contribution >= 0.6 is 12.4 Å². The quantitative estimate of drug-likeness (QED) is 0.841. The summed E-state index contributed by atoms with van der Waals surface area (Å²) in [4.78, 5) is 18.0. The van der Waals surface area contributed by atoms with Crippen molar-refractivity contribution in [2.75, 3.05) is 19.6 Å². The molecule has 2 rings (SSSR count). The Morgan fingerprint density at radius 1 is 1.26 bits per heavy atom. The van der Waals surface area contributed by atoms with Crippen LogP contribution in [-0.4, -0.2) is 35.4 Å². The second-order valence-electron chi connectivity index (χ2n) is 4.69. The number of hydrogen-bond acceptors (Lipinski definition) is 3. The van der Waals surface area contributed by atoms with E-state index in [4.69, 9.17) is 0 Å². The number of hydrogen-bond donors (Lipinski definition) is 1. The van der Waals surface area contributed by atoms with Crippen molar-refractivity contribution in [3.8, 4) is 0 Å². The van der Waals surface area contributed by atoms with Gasteiger partial charge in [-0.25, -0.2) is 0 Å². The molecule has 1 fully saturated rings. The Bertz CT molecular complexity index is 372. The minimum absolute atomic E-state index is 0. The van der Waals surface area contributed by atoms with E-state index in [-0.39, 0.29) is 12.4 Å². The maximum atomic E-state index is 11.8. The highest BCUT2D eigenvalue weighted by Gasteiger charge is 2.15. The number of halogens is 1. The molecule has 0 aliphatic carbocycles. The lowest BCUT2D eigenvalue weighted by Gasteiger charge is -2.20. The predicted octanol–water partition coefficient (Wildman–Crippen LogP) is 2.00. The lowest BCUT2D eigenvalue weighted by Crippen LogP contribution is -2.36. The van der Waals surface area contributed by atoms with Crippen LogP contribution in [0, 0.1) is 0 Å². The van der Waals surface area contributed by atoms with Crippen LogP contribution in [0.3, 0.4) is 0 Å². The van der Waals surface area contributed by atoms with Crippen molar-refractivity contribution in [2.45, 2.75) is 32.2 Å². The Balaban J connectivity index is 0.00000180. The Morgan fingerprint density at radius 3 is 2.95 bits per heavy atom. The zero-order valence-corrected chi connectivity index (χ0v) is 12.0. The van der Waals surface area contributed by atoms with Crippen LogP contribution in [0.2, 0.25) is 0 Å². The molecular weight excluding hydrogens is 262 g/mol. The summed E-state index contributed by atoms with van der Waals surface area (Å²) in [6.07, 6.45) is 5.90. The standard InChI is InChI=1S/C14H21N3O.ClH/c18-14-7-2-1-5-10-17(14)11-9-15-12-13-6-3-4-8-16-13;/h3-4,6,8,15H,1-2,5,7,9-12H2;1H. The lowest BCUT2D eigenvalue weighted by atomic mass is 10.2. The largest absolute Gasteiger partial charge is 0.341 e. The minimum Gasteiger partial charge on any atom is -0.341 e. The molecule has 5 heteroatoms. The van der Waals surface area contributed by atoms with Crippen molar-refractivity contribution in [3.63, 3.8) is 0 Å². The van der Waals surface area contributed by atoms with Crippen molar-refractivity contribution < 1.29 is 4.79 Å². The fraction of sp³-hybridized carbons (Fsp3) is 0.571. The van der Waals surface area contributed by atoms with Crippen LogP contribution in [0.4, 0.5) is 0 Å². The number of rotatable bonds is 5. The maximum Gasteiger partial charge on any atom is 0.222 e. The molecule has 0 spiro atoms. The van der Waals surface area contributed by atoms with E-state index in [2.05, 4.69) is 10.3 Å². The van der Waals surface area contributed by atoms with Crippen LogP contribution in [0.1, 0.15) is 31.4 Å². The molecule has 1 aliphatic rings. The van der Waals surface area contributed by atoms with E-state index >= 15 is 0 Å². The molecular formula is C14H22ClN3O. The number of nitrogens with zero attached hydrogens (tertiary/aromatic N) is 2. The lowest BCUT2D eigenvalue weighted by molar-refractivity contribution is -0.130. The van der Waals surface area contributed by atoms with Gasteiger partial charge in [0.25, 0.3) is 0 Å². The molecule has 1 aliphatic heterocycles. The van der Waals surface area contributed by atoms with Gasteiger partial charge in [0.1, 0.15) is 0 Å². The normalized spacial score (nSPS) is 15.8. The van der Waals surface area contributed by atoms with Gasteiger partial charge in [-0.15, -0.1) is 12.4 Å². The molecule has 106 valence electrons. The smallest absolute Gasteiger partial charge is 0.222 e. The highest BCUT2D eigenvalue weighted by atomic mass is 35.5. The molecule has 0 bridgehead atoms. The van der Waals surface area contributed by atoms with Gasteiger partial charge in [-0.2, -0.15) is 0 Å². The molecule has 0 atom stereocenters. The molecule has 4 nitrogen and oxygen atoms in total. The SMILES string of the molecule is Cl.O=C1CCCCCN1CCNCc1ccccn1. The maximum absolute atomic E-state index is 11.8. The first kappa shape index (κ1) is 15.9. The van der Waals surface area contributed by atoms with Crippen molar-refractivity contribution in [2.24, 2.45) is 0 Å². The van der Waals surface area contributed by atoms with Gasteiger partial charge in [-0.05, 0) is 25.0 Å². The van der Waals surface area contributed by atoms with Gasteiger partial charge in [-0.1, -0.05) is 12.5 Å². The Labute approximate surface area is 121 Å². The number of aromatic nitrogens is 1. The molecule has 1 saturated heterocycles. The van der Waals surface area contributed by atoms with Gasteiger partial charge in [0.05, 0.1) is 5.69 Å². The van der Waals surface area contributed by atoms with Gasteiger partial charge in [0, 0.05) is 38.8 Å². The van der Waals surface area contributed by atoms with E-state index in [1.807, 2.05) is 23.1 Å². The second kappa shape index (κ2) is 8.88. The first-order valence-corrected chi connectivity index (χ1v) is 6.74. The summed E-state index contributed by atoms with van der Waals surface area (Å²) in [5.41, 5.74) is 1.04. The third-order valence-corrected chi connectivity index (χ3v) is 3.26. The molecule has 0 radical (unpaired) electrons. The van der Waals surface area contributed by atoms with Gasteiger partial charge in [-0.3, -0.25) is 9.78 Å². The van der Waals surface area contributed by atoms with Crippen LogP contribution in [0.25, 0.3) is 0 Å². The molecule has 0 aromatic carbocycles. The summed E-state index contributed by atoms with van der Waals surface area (Å²) >= 11 is 0. The number of amides is 1. The van der Waals surface area contributed by atoms with Crippen molar-refractivity contribution >= 4 is 18.3 Å². The number of nitrogens with one attached hydrogen (secondary N) is 1. The Hall–Kier alpha value is -1.13. The molecule has 1 N–H and O–H groups in total. The van der Waals surface area contributed by atoms with Gasteiger partial charge in [0.2, 0.25) is 5.91 Å². The first-order valence-electron chi connectivity index (χ1n) is 6.74. The zero-order chi connectivity index (χ0) is 12.6. The molecule has 1 amide bonds. The average molecular weight is 284 g/mol. The molecule has 0 saturated carbocycles. The van der Waals surface area contributed by atoms with Crippen LogP contribution < -0.4 is 5.32 Å². The summed E-state index contributed by atoms with van der Waals surface area (Å²) in [5, 5.41) is 3.33. The van der Waals surface area contributed by atoms with Crippen molar-refractivity contribution in [1.29, 1.82) is 0 Å². The van der Waals surface area contributed by atoms with Crippen molar-refractivity contribution in [1.82, 2.24) is 15.2 Å². The minimum atomic E-state index is 0. The topological polar surface area (TPSA) is 45.2 Å². The summed E-state index contributed by atoms with van der Waals surface area (Å²) in [7, 11) is 0. The molecule has 19 heavy (non-hydrogen) atoms.